The first-order valence-corrected chi connectivity index (χ1v) is 11.9. The number of nitrogens with two attached hydrogens (primary N) is 1. The molecule has 0 bridgehead atoms. The van der Waals surface area contributed by atoms with E-state index in [-0.39, 0.29) is 0 Å². The Labute approximate surface area is 178 Å². The van der Waals surface area contributed by atoms with Crippen molar-refractivity contribution < 1.29 is 19.4 Å². The fourth-order valence-corrected chi connectivity index (χ4v) is 3.45. The lowest BCUT2D eigenvalue weighted by Crippen LogP contribution is -2.41. The SMILES string of the molecule is CCCCC(C)CCCCCCCCCCOC(=O)N[C@@H](CCCCN)C(=O)O. The van der Waals surface area contributed by atoms with E-state index in [2.05, 4.69) is 19.2 Å². The van der Waals surface area contributed by atoms with Gasteiger partial charge >= 0.3 is 12.1 Å². The summed E-state index contributed by atoms with van der Waals surface area (Å²) in [7, 11) is 0. The van der Waals surface area contributed by atoms with Crippen molar-refractivity contribution in [2.45, 2.75) is 116 Å². The number of aliphatic carboxylic acids is 1. The van der Waals surface area contributed by atoms with Crippen molar-refractivity contribution in [1.29, 1.82) is 0 Å². The fraction of sp³-hybridized carbons (Fsp3) is 0.913. The van der Waals surface area contributed by atoms with Crippen LogP contribution in [0.15, 0.2) is 0 Å². The van der Waals surface area contributed by atoms with Gasteiger partial charge in [0.05, 0.1) is 6.61 Å². The van der Waals surface area contributed by atoms with Gasteiger partial charge in [0.2, 0.25) is 0 Å². The van der Waals surface area contributed by atoms with Gasteiger partial charge in [-0.25, -0.2) is 9.59 Å². The summed E-state index contributed by atoms with van der Waals surface area (Å²) in [5.41, 5.74) is 5.40. The highest BCUT2D eigenvalue weighted by Gasteiger charge is 2.19. The van der Waals surface area contributed by atoms with E-state index < -0.39 is 18.1 Å². The molecule has 6 nitrogen and oxygen atoms in total. The Morgan fingerprint density at radius 2 is 1.41 bits per heavy atom. The molecular formula is C23H46N2O4. The molecular weight excluding hydrogens is 368 g/mol. The van der Waals surface area contributed by atoms with Gasteiger partial charge in [-0.3, -0.25) is 0 Å². The molecule has 0 aliphatic heterocycles. The van der Waals surface area contributed by atoms with Crippen molar-refractivity contribution in [3.8, 4) is 0 Å². The molecule has 0 saturated heterocycles. The van der Waals surface area contributed by atoms with Crippen LogP contribution in [0.2, 0.25) is 0 Å². The first kappa shape index (κ1) is 27.7. The average molecular weight is 415 g/mol. The first-order chi connectivity index (χ1) is 14.0. The van der Waals surface area contributed by atoms with Crippen LogP contribution >= 0.6 is 0 Å². The molecule has 0 rings (SSSR count). The van der Waals surface area contributed by atoms with E-state index in [1.54, 1.807) is 0 Å². The molecule has 0 aliphatic carbocycles. The van der Waals surface area contributed by atoms with Crippen LogP contribution in [0.25, 0.3) is 0 Å². The molecule has 0 aromatic carbocycles. The van der Waals surface area contributed by atoms with Crippen molar-refractivity contribution in [2.24, 2.45) is 11.7 Å². The highest BCUT2D eigenvalue weighted by atomic mass is 16.5. The molecule has 0 saturated carbocycles. The number of carbonyl (C=O) groups is 2. The molecule has 6 heteroatoms. The molecule has 29 heavy (non-hydrogen) atoms. The Bertz CT molecular complexity index is 404. The molecule has 0 aromatic heterocycles. The lowest BCUT2D eigenvalue weighted by molar-refractivity contribution is -0.139. The quantitative estimate of drug-likeness (QED) is 0.224. The minimum absolute atomic E-state index is 0.344. The van der Waals surface area contributed by atoms with Crippen molar-refractivity contribution in [2.75, 3.05) is 13.2 Å². The first-order valence-electron chi connectivity index (χ1n) is 11.9. The molecule has 4 N–H and O–H groups in total. The summed E-state index contributed by atoms with van der Waals surface area (Å²) >= 11 is 0. The van der Waals surface area contributed by atoms with Gasteiger partial charge in [0.15, 0.2) is 0 Å². The number of carboxylic acids is 1. The van der Waals surface area contributed by atoms with Crippen LogP contribution in [0.4, 0.5) is 4.79 Å². The van der Waals surface area contributed by atoms with E-state index >= 15 is 0 Å². The predicted octanol–water partition coefficient (Wildman–Crippen LogP) is 5.63. The van der Waals surface area contributed by atoms with Gasteiger partial charge in [-0.15, -0.1) is 0 Å². The Hall–Kier alpha value is -1.30. The highest BCUT2D eigenvalue weighted by Crippen LogP contribution is 2.17. The van der Waals surface area contributed by atoms with Crippen molar-refractivity contribution >= 4 is 12.1 Å². The van der Waals surface area contributed by atoms with Crippen LogP contribution in [-0.2, 0) is 9.53 Å². The Kier molecular flexibility index (Phi) is 19.1. The third-order valence-electron chi connectivity index (χ3n) is 5.41. The van der Waals surface area contributed by atoms with Gasteiger partial charge in [0.1, 0.15) is 6.04 Å². The number of alkyl carbamates (subject to hydrolysis) is 1. The van der Waals surface area contributed by atoms with E-state index in [9.17, 15) is 9.59 Å². The standard InChI is InChI=1S/C23H46N2O4/c1-3-4-15-20(2)16-11-9-7-5-6-8-10-14-19-29-23(28)25-21(22(26)27)17-12-13-18-24/h20-21H,3-19,24H2,1-2H3,(H,25,28)(H,26,27)/t20?,21-/m0/s1. The number of nitrogens with one attached hydrogen (secondary N) is 1. The van der Waals surface area contributed by atoms with Gasteiger partial charge < -0.3 is 20.9 Å². The Morgan fingerprint density at radius 1 is 0.862 bits per heavy atom. The van der Waals surface area contributed by atoms with Gasteiger partial charge in [0, 0.05) is 0 Å². The maximum absolute atomic E-state index is 11.7. The lowest BCUT2D eigenvalue weighted by Gasteiger charge is -2.14. The lowest BCUT2D eigenvalue weighted by atomic mass is 9.97. The topological polar surface area (TPSA) is 102 Å². The molecule has 0 fully saturated rings. The summed E-state index contributed by atoms with van der Waals surface area (Å²) in [6.45, 7) is 5.50. The maximum atomic E-state index is 11.7. The maximum Gasteiger partial charge on any atom is 0.407 e. The molecule has 0 aliphatic rings. The minimum atomic E-state index is -1.03. The number of amides is 1. The molecule has 1 amide bonds. The molecule has 0 radical (unpaired) electrons. The average Bonchev–Trinajstić information content (AvgIpc) is 2.69. The van der Waals surface area contributed by atoms with Crippen LogP contribution in [0, 0.1) is 5.92 Å². The molecule has 0 heterocycles. The number of hydrogen-bond donors (Lipinski definition) is 3. The summed E-state index contributed by atoms with van der Waals surface area (Å²) in [6, 6.07) is -0.899. The third kappa shape index (κ3) is 18.5. The fourth-order valence-electron chi connectivity index (χ4n) is 3.45. The zero-order chi connectivity index (χ0) is 21.7. The number of carbonyl (C=O) groups excluding carboxylic acids is 1. The second kappa shape index (κ2) is 20.0. The van der Waals surface area contributed by atoms with Gasteiger partial charge in [-0.1, -0.05) is 84.5 Å². The summed E-state index contributed by atoms with van der Waals surface area (Å²) in [4.78, 5) is 22.9. The van der Waals surface area contributed by atoms with E-state index in [1.165, 1.54) is 57.8 Å². The van der Waals surface area contributed by atoms with Crippen molar-refractivity contribution in [1.82, 2.24) is 5.32 Å². The summed E-state index contributed by atoms with van der Waals surface area (Å²) < 4.78 is 5.10. The molecule has 2 atom stereocenters. The Balaban J connectivity index is 3.50. The predicted molar refractivity (Wildman–Crippen MR) is 119 cm³/mol. The number of hydrogen-bond acceptors (Lipinski definition) is 4. The number of ether oxygens (including phenoxy) is 1. The second-order valence-electron chi connectivity index (χ2n) is 8.32. The van der Waals surface area contributed by atoms with E-state index in [4.69, 9.17) is 15.6 Å². The largest absolute Gasteiger partial charge is 0.480 e. The van der Waals surface area contributed by atoms with Crippen LogP contribution in [0.1, 0.15) is 110 Å². The van der Waals surface area contributed by atoms with Crippen LogP contribution < -0.4 is 11.1 Å². The summed E-state index contributed by atoms with van der Waals surface area (Å²) in [6.07, 6.45) is 16.1. The molecule has 1 unspecified atom stereocenters. The zero-order valence-electron chi connectivity index (χ0n) is 18.9. The Morgan fingerprint density at radius 3 is 2.00 bits per heavy atom. The monoisotopic (exact) mass is 414 g/mol. The van der Waals surface area contributed by atoms with E-state index in [0.717, 1.165) is 31.6 Å². The van der Waals surface area contributed by atoms with Crippen molar-refractivity contribution in [3.63, 3.8) is 0 Å². The third-order valence-corrected chi connectivity index (χ3v) is 5.41. The van der Waals surface area contributed by atoms with Crippen LogP contribution in [0.3, 0.4) is 0 Å². The van der Waals surface area contributed by atoms with Gasteiger partial charge in [-0.2, -0.15) is 0 Å². The molecule has 0 spiro atoms. The zero-order valence-corrected chi connectivity index (χ0v) is 18.9. The summed E-state index contributed by atoms with van der Waals surface area (Å²) in [5, 5.41) is 11.6. The number of rotatable bonds is 20. The van der Waals surface area contributed by atoms with E-state index in [0.29, 0.717) is 26.0 Å². The van der Waals surface area contributed by atoms with Crippen LogP contribution in [-0.4, -0.2) is 36.4 Å². The van der Waals surface area contributed by atoms with Gasteiger partial charge in [-0.05, 0) is 38.1 Å². The number of carboxylic acid groups (broad SMARTS) is 1. The van der Waals surface area contributed by atoms with E-state index in [1.807, 2.05) is 0 Å². The van der Waals surface area contributed by atoms with Crippen molar-refractivity contribution in [3.05, 3.63) is 0 Å². The second-order valence-corrected chi connectivity index (χ2v) is 8.32. The van der Waals surface area contributed by atoms with Crippen LogP contribution in [0.5, 0.6) is 0 Å². The normalized spacial score (nSPS) is 13.1. The summed E-state index contributed by atoms with van der Waals surface area (Å²) in [5.74, 6) is -0.154. The number of unbranched alkanes of at least 4 members (excludes halogenated alkanes) is 9. The smallest absolute Gasteiger partial charge is 0.407 e. The minimum Gasteiger partial charge on any atom is -0.480 e. The molecule has 172 valence electrons. The van der Waals surface area contributed by atoms with Gasteiger partial charge in [0.25, 0.3) is 0 Å². The highest BCUT2D eigenvalue weighted by molar-refractivity contribution is 5.79. The molecule has 0 aromatic rings.